The van der Waals surface area contributed by atoms with E-state index in [-0.39, 0.29) is 12.3 Å². The Balaban J connectivity index is 2.59. The minimum atomic E-state index is 0.00783. The first-order valence-electron chi connectivity index (χ1n) is 4.55. The smallest absolute Gasteiger partial charge is 0.184 e. The van der Waals surface area contributed by atoms with Gasteiger partial charge in [0.05, 0.1) is 14.2 Å². The zero-order valence-corrected chi connectivity index (χ0v) is 8.61. The molecule has 15 heavy (non-hydrogen) atoms. The summed E-state index contributed by atoms with van der Waals surface area (Å²) in [6.45, 7) is 0.211. The van der Waals surface area contributed by atoms with Gasteiger partial charge in [-0.25, -0.2) is 0 Å². The van der Waals surface area contributed by atoms with E-state index in [4.69, 9.17) is 9.47 Å². The zero-order valence-electron chi connectivity index (χ0n) is 8.61. The number of aliphatic imine (C=N–C) groups is 1. The number of benzene rings is 1. The van der Waals surface area contributed by atoms with Crippen molar-refractivity contribution in [2.45, 2.75) is 0 Å². The van der Waals surface area contributed by atoms with Gasteiger partial charge in [0, 0.05) is 17.3 Å². The van der Waals surface area contributed by atoms with Crippen LogP contribution in [-0.4, -0.2) is 32.8 Å². The van der Waals surface area contributed by atoms with E-state index in [1.54, 1.807) is 32.6 Å². The minimum Gasteiger partial charge on any atom is -0.493 e. The Morgan fingerprint density at radius 2 is 1.87 bits per heavy atom. The van der Waals surface area contributed by atoms with Crippen LogP contribution in [0.4, 0.5) is 0 Å². The van der Waals surface area contributed by atoms with Gasteiger partial charge in [0.25, 0.3) is 0 Å². The fourth-order valence-electron chi connectivity index (χ4n) is 1.56. The molecule has 1 aliphatic rings. The Bertz CT molecular complexity index is 438. The number of ketones is 1. The van der Waals surface area contributed by atoms with E-state index < -0.39 is 0 Å². The molecule has 2 rings (SSSR count). The van der Waals surface area contributed by atoms with Crippen molar-refractivity contribution in [3.63, 3.8) is 0 Å². The van der Waals surface area contributed by atoms with E-state index >= 15 is 0 Å². The maximum Gasteiger partial charge on any atom is 0.184 e. The van der Waals surface area contributed by atoms with Gasteiger partial charge in [-0.3, -0.25) is 9.79 Å². The number of fused-ring (bicyclic) bond motifs is 1. The van der Waals surface area contributed by atoms with Gasteiger partial charge in [0.1, 0.15) is 6.54 Å². The van der Waals surface area contributed by atoms with Crippen LogP contribution in [0, 0.1) is 0 Å². The highest BCUT2D eigenvalue weighted by Crippen LogP contribution is 2.31. The van der Waals surface area contributed by atoms with Crippen LogP contribution in [-0.2, 0) is 0 Å². The molecule has 0 atom stereocenters. The van der Waals surface area contributed by atoms with Crippen molar-refractivity contribution in [1.29, 1.82) is 0 Å². The number of hydrogen-bond donors (Lipinski definition) is 0. The van der Waals surface area contributed by atoms with E-state index in [2.05, 4.69) is 4.99 Å². The number of hydrogen-bond acceptors (Lipinski definition) is 4. The van der Waals surface area contributed by atoms with Gasteiger partial charge in [-0.05, 0) is 12.1 Å². The zero-order chi connectivity index (χ0) is 10.8. The molecule has 0 radical (unpaired) electrons. The Kier molecular flexibility index (Phi) is 2.41. The first-order chi connectivity index (χ1) is 7.26. The van der Waals surface area contributed by atoms with Crippen molar-refractivity contribution in [2.75, 3.05) is 20.8 Å². The number of carbonyl (C=O) groups excluding carboxylic acids is 1. The van der Waals surface area contributed by atoms with Crippen LogP contribution in [0.5, 0.6) is 11.5 Å². The van der Waals surface area contributed by atoms with Crippen molar-refractivity contribution in [3.05, 3.63) is 23.3 Å². The molecule has 0 unspecified atom stereocenters. The topological polar surface area (TPSA) is 47.9 Å². The molecule has 0 N–H and O–H groups in total. The third kappa shape index (κ3) is 1.58. The molecule has 0 aromatic heterocycles. The number of nitrogens with zero attached hydrogens (tertiary/aromatic N) is 1. The number of rotatable bonds is 2. The van der Waals surface area contributed by atoms with E-state index in [0.717, 1.165) is 5.56 Å². The number of methoxy groups -OCH3 is 2. The summed E-state index contributed by atoms with van der Waals surface area (Å²) in [4.78, 5) is 15.5. The number of Topliss-reactive ketones (excluding diaryl/α,β-unsaturated/α-hetero) is 1. The van der Waals surface area contributed by atoms with Crippen molar-refractivity contribution in [2.24, 2.45) is 4.99 Å². The highest BCUT2D eigenvalue weighted by atomic mass is 16.5. The van der Waals surface area contributed by atoms with Crippen LogP contribution in [0.15, 0.2) is 17.1 Å². The molecule has 0 bridgehead atoms. The minimum absolute atomic E-state index is 0.00783. The standard InChI is InChI=1S/C11H11NO3/c1-14-10-3-7-5-12-6-9(13)8(7)4-11(10)15-2/h3-5H,6H2,1-2H3. The molecular formula is C11H11NO3. The maximum absolute atomic E-state index is 11.5. The lowest BCUT2D eigenvalue weighted by molar-refractivity contribution is 0.1000. The maximum atomic E-state index is 11.5. The molecule has 0 saturated carbocycles. The summed E-state index contributed by atoms with van der Waals surface area (Å²) in [5.74, 6) is 1.19. The van der Waals surface area contributed by atoms with Crippen LogP contribution in [0.2, 0.25) is 0 Å². The summed E-state index contributed by atoms with van der Waals surface area (Å²) in [5, 5.41) is 0. The van der Waals surface area contributed by atoms with Crippen LogP contribution >= 0.6 is 0 Å². The molecule has 78 valence electrons. The van der Waals surface area contributed by atoms with E-state index in [9.17, 15) is 4.79 Å². The second-order valence-electron chi connectivity index (χ2n) is 3.19. The summed E-state index contributed by atoms with van der Waals surface area (Å²) in [6, 6.07) is 3.45. The average Bonchev–Trinajstić information content (AvgIpc) is 2.28. The predicted octanol–water partition coefficient (Wildman–Crippen LogP) is 1.32. The van der Waals surface area contributed by atoms with E-state index in [1.807, 2.05) is 0 Å². The lowest BCUT2D eigenvalue weighted by Crippen LogP contribution is -2.12. The monoisotopic (exact) mass is 205 g/mol. The molecule has 0 saturated heterocycles. The summed E-state index contributed by atoms with van der Waals surface area (Å²) in [6.07, 6.45) is 1.68. The summed E-state index contributed by atoms with van der Waals surface area (Å²) >= 11 is 0. The molecule has 4 heteroatoms. The molecule has 0 spiro atoms. The third-order valence-electron chi connectivity index (χ3n) is 2.32. The van der Waals surface area contributed by atoms with Crippen LogP contribution < -0.4 is 9.47 Å². The van der Waals surface area contributed by atoms with E-state index in [1.165, 1.54) is 0 Å². The van der Waals surface area contributed by atoms with Gasteiger partial charge < -0.3 is 9.47 Å². The van der Waals surface area contributed by atoms with Crippen LogP contribution in [0.1, 0.15) is 15.9 Å². The highest BCUT2D eigenvalue weighted by Gasteiger charge is 2.17. The lowest BCUT2D eigenvalue weighted by atomic mass is 10.0. The first-order valence-corrected chi connectivity index (χ1v) is 4.55. The fraction of sp³-hybridized carbons (Fsp3) is 0.273. The normalized spacial score (nSPS) is 13.6. The number of carbonyl (C=O) groups is 1. The van der Waals surface area contributed by atoms with Crippen molar-refractivity contribution in [3.8, 4) is 11.5 Å². The van der Waals surface area contributed by atoms with Gasteiger partial charge in [-0.1, -0.05) is 0 Å². The van der Waals surface area contributed by atoms with Crippen molar-refractivity contribution in [1.82, 2.24) is 0 Å². The third-order valence-corrected chi connectivity index (χ3v) is 2.32. The Labute approximate surface area is 87.5 Å². The van der Waals surface area contributed by atoms with Crippen LogP contribution in [0.25, 0.3) is 0 Å². The molecule has 0 fully saturated rings. The lowest BCUT2D eigenvalue weighted by Gasteiger charge is -2.13. The molecule has 1 aromatic rings. The Hall–Kier alpha value is -1.84. The second kappa shape index (κ2) is 3.73. The molecule has 4 nitrogen and oxygen atoms in total. The van der Waals surface area contributed by atoms with Gasteiger partial charge >= 0.3 is 0 Å². The largest absolute Gasteiger partial charge is 0.493 e. The molecule has 0 amide bonds. The average molecular weight is 205 g/mol. The van der Waals surface area contributed by atoms with Crippen molar-refractivity contribution >= 4 is 12.0 Å². The van der Waals surface area contributed by atoms with Crippen LogP contribution in [0.3, 0.4) is 0 Å². The number of ether oxygens (including phenoxy) is 2. The van der Waals surface area contributed by atoms with Gasteiger partial charge in [-0.15, -0.1) is 0 Å². The molecule has 1 aliphatic heterocycles. The van der Waals surface area contributed by atoms with Crippen molar-refractivity contribution < 1.29 is 14.3 Å². The molecule has 1 aromatic carbocycles. The first kappa shape index (κ1) is 9.71. The predicted molar refractivity (Wildman–Crippen MR) is 56.3 cm³/mol. The SMILES string of the molecule is COc1cc2c(cc1OC)C(=O)CN=C2. The molecule has 0 aliphatic carbocycles. The Morgan fingerprint density at radius 3 is 2.53 bits per heavy atom. The second-order valence-corrected chi connectivity index (χ2v) is 3.19. The summed E-state index contributed by atoms with van der Waals surface area (Å²) in [5.41, 5.74) is 1.42. The quantitative estimate of drug-likeness (QED) is 0.731. The van der Waals surface area contributed by atoms with Gasteiger partial charge in [-0.2, -0.15) is 0 Å². The van der Waals surface area contributed by atoms with E-state index in [0.29, 0.717) is 17.1 Å². The highest BCUT2D eigenvalue weighted by molar-refractivity contribution is 6.08. The summed E-state index contributed by atoms with van der Waals surface area (Å²) in [7, 11) is 3.11. The Morgan fingerprint density at radius 1 is 1.20 bits per heavy atom. The summed E-state index contributed by atoms with van der Waals surface area (Å²) < 4.78 is 10.3. The van der Waals surface area contributed by atoms with Gasteiger partial charge in [0.15, 0.2) is 17.3 Å². The molecular weight excluding hydrogens is 194 g/mol. The molecule has 1 heterocycles. The fourth-order valence-corrected chi connectivity index (χ4v) is 1.56. The van der Waals surface area contributed by atoms with Gasteiger partial charge in [0.2, 0.25) is 0 Å².